The van der Waals surface area contributed by atoms with E-state index in [2.05, 4.69) is 94.5 Å². The molecule has 0 nitrogen and oxygen atoms in total. The Hall–Kier alpha value is -1.56. The molecule has 0 aromatic carbocycles. The van der Waals surface area contributed by atoms with Crippen LogP contribution in [0.2, 0.25) is 0 Å². The van der Waals surface area contributed by atoms with Gasteiger partial charge in [-0.3, -0.25) is 0 Å². The van der Waals surface area contributed by atoms with Crippen molar-refractivity contribution in [2.75, 3.05) is 0 Å². The van der Waals surface area contributed by atoms with Crippen LogP contribution in [0.25, 0.3) is 0 Å². The van der Waals surface area contributed by atoms with Gasteiger partial charge in [-0.1, -0.05) is 93.2 Å². The number of rotatable bonds is 0. The van der Waals surface area contributed by atoms with E-state index in [4.69, 9.17) is 0 Å². The van der Waals surface area contributed by atoms with E-state index in [0.717, 1.165) is 5.92 Å². The Morgan fingerprint density at radius 2 is 1.64 bits per heavy atom. The van der Waals surface area contributed by atoms with E-state index < -0.39 is 0 Å². The fourth-order valence-electron chi connectivity index (χ4n) is 7.59. The minimum atomic E-state index is 0.188. The molecule has 2 fully saturated rings. The number of fused-ring (bicyclic) bond motifs is 8. The fraction of sp³-hybridized carbons (Fsp3) is 0.520. The summed E-state index contributed by atoms with van der Waals surface area (Å²) in [6, 6.07) is 0. The van der Waals surface area contributed by atoms with E-state index in [1.165, 1.54) is 6.42 Å². The molecule has 0 aliphatic heterocycles. The largest absolute Gasteiger partial charge is 0.0808 e. The van der Waals surface area contributed by atoms with E-state index in [9.17, 15) is 0 Å². The molecular formula is C25H30. The number of hydrogen-bond acceptors (Lipinski definition) is 0. The van der Waals surface area contributed by atoms with Gasteiger partial charge in [0.15, 0.2) is 0 Å². The lowest BCUT2D eigenvalue weighted by atomic mass is 9.37. The van der Waals surface area contributed by atoms with Gasteiger partial charge >= 0.3 is 0 Å². The Labute approximate surface area is 152 Å². The molecular weight excluding hydrogens is 300 g/mol. The van der Waals surface area contributed by atoms with Gasteiger partial charge in [-0.05, 0) is 48.3 Å². The normalized spacial score (nSPS) is 54.6. The van der Waals surface area contributed by atoms with Crippen LogP contribution >= 0.6 is 0 Å². The van der Waals surface area contributed by atoms with Gasteiger partial charge in [-0.2, -0.15) is 0 Å². The minimum absolute atomic E-state index is 0.188. The zero-order chi connectivity index (χ0) is 17.4. The molecule has 5 aliphatic carbocycles. The van der Waals surface area contributed by atoms with E-state index in [-0.39, 0.29) is 10.8 Å². The highest BCUT2D eigenvalue weighted by Crippen LogP contribution is 2.75. The smallest absolute Gasteiger partial charge is 0.00188 e. The second-order valence-electron chi connectivity index (χ2n) is 9.71. The van der Waals surface area contributed by atoms with Crippen LogP contribution in [0.15, 0.2) is 72.4 Å². The summed E-state index contributed by atoms with van der Waals surface area (Å²) in [5.41, 5.74) is 2.30. The van der Waals surface area contributed by atoms with Crippen molar-refractivity contribution < 1.29 is 0 Å². The van der Waals surface area contributed by atoms with Crippen LogP contribution in [0, 0.1) is 45.8 Å². The highest BCUT2D eigenvalue weighted by molar-refractivity contribution is 5.40. The molecule has 0 heterocycles. The average Bonchev–Trinajstić information content (AvgIpc) is 2.92. The molecule has 0 aromatic rings. The van der Waals surface area contributed by atoms with Crippen molar-refractivity contribution in [3.63, 3.8) is 0 Å². The first-order chi connectivity index (χ1) is 11.9. The maximum Gasteiger partial charge on any atom is 0.00188 e. The van der Waals surface area contributed by atoms with Crippen LogP contribution in [0.5, 0.6) is 0 Å². The molecule has 25 heavy (non-hydrogen) atoms. The molecule has 0 aromatic heterocycles. The molecule has 0 radical (unpaired) electrons. The standard InChI is InChI=1S/C25H30/c1-17-10-9-11-18-16-24(3)22(21(17)18)19-12-5-6-13-20(19)23(2)14-7-8-15-25(23,24)4/h5-15,18-22H,16H2,1-4H3. The van der Waals surface area contributed by atoms with Gasteiger partial charge < -0.3 is 0 Å². The lowest BCUT2D eigenvalue weighted by molar-refractivity contribution is -0.119. The first kappa shape index (κ1) is 15.7. The van der Waals surface area contributed by atoms with Crippen LogP contribution in [0.3, 0.4) is 0 Å². The van der Waals surface area contributed by atoms with Crippen LogP contribution in [-0.2, 0) is 0 Å². The Kier molecular flexibility index (Phi) is 3.00. The predicted octanol–water partition coefficient (Wildman–Crippen LogP) is 6.27. The second kappa shape index (κ2) is 4.78. The third-order valence-corrected chi connectivity index (χ3v) is 9.06. The fourth-order valence-corrected chi connectivity index (χ4v) is 7.59. The first-order valence-corrected chi connectivity index (χ1v) is 9.99. The molecule has 8 unspecified atom stereocenters. The van der Waals surface area contributed by atoms with Gasteiger partial charge in [0, 0.05) is 10.8 Å². The summed E-state index contributed by atoms with van der Waals surface area (Å²) in [6.45, 7) is 10.1. The minimum Gasteiger partial charge on any atom is -0.0808 e. The van der Waals surface area contributed by atoms with Crippen molar-refractivity contribution in [3.05, 3.63) is 72.4 Å². The second-order valence-corrected chi connectivity index (χ2v) is 9.71. The molecule has 0 heteroatoms. The monoisotopic (exact) mass is 330 g/mol. The zero-order valence-corrected chi connectivity index (χ0v) is 15.9. The quantitative estimate of drug-likeness (QED) is 0.491. The van der Waals surface area contributed by atoms with Crippen molar-refractivity contribution in [1.29, 1.82) is 0 Å². The zero-order valence-electron chi connectivity index (χ0n) is 15.9. The highest BCUT2D eigenvalue weighted by atomic mass is 14.7. The van der Waals surface area contributed by atoms with Gasteiger partial charge in [0.2, 0.25) is 0 Å². The van der Waals surface area contributed by atoms with Crippen molar-refractivity contribution in [3.8, 4) is 0 Å². The van der Waals surface area contributed by atoms with E-state index >= 15 is 0 Å². The van der Waals surface area contributed by atoms with Crippen molar-refractivity contribution in [2.45, 2.75) is 34.1 Å². The van der Waals surface area contributed by atoms with Gasteiger partial charge in [0.05, 0.1) is 0 Å². The summed E-state index contributed by atoms with van der Waals surface area (Å²) in [4.78, 5) is 0. The third kappa shape index (κ3) is 1.65. The number of allylic oxidation sites excluding steroid dienone is 12. The lowest BCUT2D eigenvalue weighted by Crippen LogP contribution is -2.61. The lowest BCUT2D eigenvalue weighted by Gasteiger charge is -2.66. The molecule has 0 bridgehead atoms. The van der Waals surface area contributed by atoms with E-state index in [1.807, 2.05) is 0 Å². The highest BCUT2D eigenvalue weighted by Gasteiger charge is 2.70. The Balaban J connectivity index is 1.76. The summed E-state index contributed by atoms with van der Waals surface area (Å²) < 4.78 is 0. The molecule has 0 amide bonds. The van der Waals surface area contributed by atoms with E-state index in [1.54, 1.807) is 5.57 Å². The maximum absolute atomic E-state index is 2.61. The predicted molar refractivity (Wildman–Crippen MR) is 106 cm³/mol. The molecule has 5 rings (SSSR count). The summed E-state index contributed by atoms with van der Waals surface area (Å²) in [5, 5.41) is 0. The van der Waals surface area contributed by atoms with Crippen LogP contribution in [0.1, 0.15) is 34.1 Å². The first-order valence-electron chi connectivity index (χ1n) is 9.99. The maximum atomic E-state index is 2.61. The molecule has 0 spiro atoms. The van der Waals surface area contributed by atoms with Gasteiger partial charge in [-0.25, -0.2) is 0 Å². The molecule has 0 saturated heterocycles. The van der Waals surface area contributed by atoms with Gasteiger partial charge in [0.1, 0.15) is 0 Å². The third-order valence-electron chi connectivity index (χ3n) is 9.06. The van der Waals surface area contributed by atoms with Gasteiger partial charge in [0.25, 0.3) is 0 Å². The molecule has 8 atom stereocenters. The van der Waals surface area contributed by atoms with Crippen molar-refractivity contribution in [2.24, 2.45) is 45.8 Å². The number of hydrogen-bond donors (Lipinski definition) is 0. The van der Waals surface area contributed by atoms with Crippen molar-refractivity contribution in [1.82, 2.24) is 0 Å². The van der Waals surface area contributed by atoms with Crippen molar-refractivity contribution >= 4 is 0 Å². The Morgan fingerprint density at radius 1 is 0.880 bits per heavy atom. The Bertz CT molecular complexity index is 787. The molecule has 2 saturated carbocycles. The molecule has 5 aliphatic rings. The van der Waals surface area contributed by atoms with Crippen LogP contribution in [-0.4, -0.2) is 0 Å². The summed E-state index contributed by atoms with van der Waals surface area (Å²) in [5.74, 6) is 3.38. The summed E-state index contributed by atoms with van der Waals surface area (Å²) in [7, 11) is 0. The SMILES string of the molecule is CC1=CC=CC2CC3(C)C(C4C=CC=CC4C4(C)C=CC=CC43C)C12. The van der Waals surface area contributed by atoms with E-state index in [0.29, 0.717) is 29.1 Å². The van der Waals surface area contributed by atoms with Crippen LogP contribution < -0.4 is 0 Å². The summed E-state index contributed by atoms with van der Waals surface area (Å²) >= 11 is 0. The molecule has 0 N–H and O–H groups in total. The van der Waals surface area contributed by atoms with Crippen LogP contribution in [0.4, 0.5) is 0 Å². The average molecular weight is 331 g/mol. The van der Waals surface area contributed by atoms with Gasteiger partial charge in [-0.15, -0.1) is 0 Å². The Morgan fingerprint density at radius 3 is 2.48 bits per heavy atom. The topological polar surface area (TPSA) is 0 Å². The molecule has 130 valence electrons. The summed E-state index contributed by atoms with van der Waals surface area (Å²) in [6.07, 6.45) is 27.8.